The van der Waals surface area contributed by atoms with E-state index in [9.17, 15) is 9.59 Å². The van der Waals surface area contributed by atoms with Crippen LogP contribution in [0.1, 0.15) is 31.4 Å². The maximum atomic E-state index is 13.2. The second-order valence-corrected chi connectivity index (χ2v) is 8.07. The van der Waals surface area contributed by atoms with Gasteiger partial charge < -0.3 is 5.32 Å². The highest BCUT2D eigenvalue weighted by atomic mass is 16.2. The number of nitrogens with zero attached hydrogens (tertiary/aromatic N) is 3. The first kappa shape index (κ1) is 21.6. The molecule has 0 saturated heterocycles. The molecule has 0 aliphatic carbocycles. The Labute approximate surface area is 187 Å². The highest BCUT2D eigenvalue weighted by molar-refractivity contribution is 5.80. The number of pyridine rings is 1. The van der Waals surface area contributed by atoms with Crippen molar-refractivity contribution < 1.29 is 4.79 Å². The van der Waals surface area contributed by atoms with Gasteiger partial charge in [0, 0.05) is 12.2 Å². The van der Waals surface area contributed by atoms with Gasteiger partial charge in [0.25, 0.3) is 5.56 Å². The Morgan fingerprint density at radius 1 is 1.03 bits per heavy atom. The molecular weight excluding hydrogens is 400 g/mol. The predicted octanol–water partition coefficient (Wildman–Crippen LogP) is 3.89. The maximum Gasteiger partial charge on any atom is 0.280 e. The lowest BCUT2D eigenvalue weighted by Crippen LogP contribution is -2.37. The highest BCUT2D eigenvalue weighted by Crippen LogP contribution is 2.15. The molecule has 0 saturated carbocycles. The van der Waals surface area contributed by atoms with Crippen molar-refractivity contribution in [1.29, 1.82) is 0 Å². The van der Waals surface area contributed by atoms with E-state index in [-0.39, 0.29) is 24.1 Å². The quantitative estimate of drug-likeness (QED) is 0.463. The number of aryl methyl sites for hydroxylation is 2. The molecule has 0 spiro atoms. The largest absolute Gasteiger partial charge is 0.352 e. The molecule has 0 aliphatic rings. The summed E-state index contributed by atoms with van der Waals surface area (Å²) in [6.45, 7) is 4.09. The van der Waals surface area contributed by atoms with E-state index in [1.807, 2.05) is 49.4 Å². The molecule has 0 aliphatic heterocycles. The molecule has 2 heterocycles. The van der Waals surface area contributed by atoms with Crippen LogP contribution in [0.25, 0.3) is 16.7 Å². The second kappa shape index (κ2) is 9.64. The minimum atomic E-state index is -0.175. The van der Waals surface area contributed by atoms with Gasteiger partial charge in [0.05, 0.1) is 11.1 Å². The van der Waals surface area contributed by atoms with Crippen LogP contribution in [-0.4, -0.2) is 26.3 Å². The Balaban J connectivity index is 1.58. The van der Waals surface area contributed by atoms with Gasteiger partial charge in [-0.2, -0.15) is 0 Å². The van der Waals surface area contributed by atoms with E-state index in [1.54, 1.807) is 27.7 Å². The van der Waals surface area contributed by atoms with Crippen LogP contribution in [0, 0.1) is 0 Å². The fourth-order valence-corrected chi connectivity index (χ4v) is 3.95. The minimum absolute atomic E-state index is 0.0149. The number of carbonyl (C=O) groups is 1. The number of amides is 1. The summed E-state index contributed by atoms with van der Waals surface area (Å²) in [5, 5.41) is 3.57. The fourth-order valence-electron chi connectivity index (χ4n) is 3.95. The number of rotatable bonds is 8. The maximum absolute atomic E-state index is 13.2. The summed E-state index contributed by atoms with van der Waals surface area (Å²) in [5.74, 6) is -0.145. The number of carbonyl (C=O) groups excluding carboxylic acids is 1. The monoisotopic (exact) mass is 428 g/mol. The summed E-state index contributed by atoms with van der Waals surface area (Å²) in [7, 11) is 0. The topological polar surface area (TPSA) is 68.9 Å². The first-order chi connectivity index (χ1) is 15.6. The lowest BCUT2D eigenvalue weighted by Gasteiger charge is -2.16. The van der Waals surface area contributed by atoms with E-state index in [0.717, 1.165) is 30.5 Å². The molecule has 164 valence electrons. The molecule has 4 rings (SSSR count). The summed E-state index contributed by atoms with van der Waals surface area (Å²) in [4.78, 5) is 30.5. The van der Waals surface area contributed by atoms with Gasteiger partial charge in [-0.15, -0.1) is 0 Å². The van der Waals surface area contributed by atoms with E-state index < -0.39 is 0 Å². The molecule has 2 aromatic heterocycles. The number of aromatic nitrogens is 3. The fraction of sp³-hybridized carbons (Fsp3) is 0.269. The zero-order valence-electron chi connectivity index (χ0n) is 18.5. The van der Waals surface area contributed by atoms with Crippen LogP contribution in [0.15, 0.2) is 77.7 Å². The summed E-state index contributed by atoms with van der Waals surface area (Å²) in [5.41, 5.74) is 3.44. The van der Waals surface area contributed by atoms with Crippen molar-refractivity contribution in [3.8, 4) is 5.69 Å². The molecule has 1 N–H and O–H groups in total. The third kappa shape index (κ3) is 4.64. The van der Waals surface area contributed by atoms with Crippen LogP contribution in [0.2, 0.25) is 0 Å². The van der Waals surface area contributed by atoms with Crippen LogP contribution in [0.5, 0.6) is 0 Å². The Kier molecular flexibility index (Phi) is 6.50. The van der Waals surface area contributed by atoms with Crippen molar-refractivity contribution in [2.24, 2.45) is 0 Å². The zero-order chi connectivity index (χ0) is 22.5. The first-order valence-electron chi connectivity index (χ1n) is 11.1. The van der Waals surface area contributed by atoms with Crippen molar-refractivity contribution in [3.63, 3.8) is 0 Å². The lowest BCUT2D eigenvalue weighted by atomic mass is 10.1. The highest BCUT2D eigenvalue weighted by Gasteiger charge is 2.18. The molecule has 4 aromatic rings. The Morgan fingerprint density at radius 3 is 2.59 bits per heavy atom. The van der Waals surface area contributed by atoms with Crippen molar-refractivity contribution in [2.75, 3.05) is 0 Å². The first-order valence-corrected chi connectivity index (χ1v) is 11.1. The van der Waals surface area contributed by atoms with Gasteiger partial charge in [-0.3, -0.25) is 14.3 Å². The average Bonchev–Trinajstić information content (AvgIpc) is 3.10. The van der Waals surface area contributed by atoms with E-state index in [0.29, 0.717) is 11.0 Å². The Hall–Kier alpha value is -3.67. The Morgan fingerprint density at radius 2 is 1.81 bits per heavy atom. The van der Waals surface area contributed by atoms with Gasteiger partial charge >= 0.3 is 0 Å². The van der Waals surface area contributed by atoms with Crippen molar-refractivity contribution >= 4 is 16.9 Å². The van der Waals surface area contributed by atoms with Gasteiger partial charge in [-0.25, -0.2) is 9.67 Å². The molecule has 32 heavy (non-hydrogen) atoms. The molecular formula is C26H28N4O2. The van der Waals surface area contributed by atoms with Gasteiger partial charge in [0.15, 0.2) is 5.65 Å². The minimum Gasteiger partial charge on any atom is -0.352 e. The van der Waals surface area contributed by atoms with Crippen LogP contribution in [0.3, 0.4) is 0 Å². The molecule has 0 radical (unpaired) electrons. The molecule has 6 nitrogen and oxygen atoms in total. The summed E-state index contributed by atoms with van der Waals surface area (Å²) >= 11 is 0. The number of nitrogens with one attached hydrogen (secondary N) is 1. The number of hydrogen-bond donors (Lipinski definition) is 1. The standard InChI is InChI=1S/C26H28N4O2/c1-3-20-11-7-12-22(17-20)30-26(32)23-13-8-16-27-25(23)29(30)18-24(31)28-19(2)14-15-21-9-5-4-6-10-21/h4-13,16-17,19H,3,14-15,18H2,1-2H3,(H,28,31)/t19-/m0/s1. The van der Waals surface area contributed by atoms with Crippen LogP contribution in [0.4, 0.5) is 0 Å². The number of benzene rings is 2. The van der Waals surface area contributed by atoms with Crippen LogP contribution >= 0.6 is 0 Å². The van der Waals surface area contributed by atoms with E-state index in [4.69, 9.17) is 0 Å². The molecule has 1 atom stereocenters. The molecule has 0 bridgehead atoms. The normalized spacial score (nSPS) is 12.1. The van der Waals surface area contributed by atoms with Crippen LogP contribution < -0.4 is 10.9 Å². The van der Waals surface area contributed by atoms with Crippen LogP contribution in [-0.2, 0) is 24.2 Å². The number of hydrogen-bond acceptors (Lipinski definition) is 3. The third-order valence-electron chi connectivity index (χ3n) is 5.67. The van der Waals surface area contributed by atoms with E-state index in [1.165, 1.54) is 5.56 Å². The summed E-state index contributed by atoms with van der Waals surface area (Å²) < 4.78 is 3.23. The summed E-state index contributed by atoms with van der Waals surface area (Å²) in [6, 6.07) is 21.6. The summed E-state index contributed by atoms with van der Waals surface area (Å²) in [6.07, 6.45) is 4.24. The van der Waals surface area contributed by atoms with Gasteiger partial charge in [-0.05, 0) is 61.6 Å². The molecule has 0 unspecified atom stereocenters. The van der Waals surface area contributed by atoms with E-state index >= 15 is 0 Å². The third-order valence-corrected chi connectivity index (χ3v) is 5.67. The lowest BCUT2D eigenvalue weighted by molar-refractivity contribution is -0.122. The van der Waals surface area contributed by atoms with Crippen molar-refractivity contribution in [1.82, 2.24) is 19.7 Å². The van der Waals surface area contributed by atoms with Gasteiger partial charge in [-0.1, -0.05) is 49.4 Å². The Bertz CT molecular complexity index is 1270. The number of fused-ring (bicyclic) bond motifs is 1. The molecule has 0 fully saturated rings. The van der Waals surface area contributed by atoms with E-state index in [2.05, 4.69) is 29.4 Å². The predicted molar refractivity (Wildman–Crippen MR) is 127 cm³/mol. The van der Waals surface area contributed by atoms with Crippen molar-refractivity contribution in [3.05, 3.63) is 94.4 Å². The van der Waals surface area contributed by atoms with Crippen molar-refractivity contribution in [2.45, 2.75) is 45.7 Å². The molecule has 6 heteroatoms. The van der Waals surface area contributed by atoms with Gasteiger partial charge in [0.2, 0.25) is 5.91 Å². The SMILES string of the molecule is CCc1cccc(-n2c(=O)c3cccnc3n2CC(=O)N[C@@H](C)CCc2ccccc2)c1. The second-order valence-electron chi connectivity index (χ2n) is 8.07. The zero-order valence-corrected chi connectivity index (χ0v) is 18.5. The molecule has 1 amide bonds. The van der Waals surface area contributed by atoms with Gasteiger partial charge in [0.1, 0.15) is 6.54 Å². The molecule has 2 aromatic carbocycles. The smallest absolute Gasteiger partial charge is 0.280 e. The average molecular weight is 429 g/mol.